The van der Waals surface area contributed by atoms with Crippen LogP contribution in [0.4, 0.5) is 16.4 Å². The van der Waals surface area contributed by atoms with E-state index in [9.17, 15) is 5.26 Å². The molecule has 1 heterocycles. The summed E-state index contributed by atoms with van der Waals surface area (Å²) < 4.78 is 0. The first-order valence-corrected chi connectivity index (χ1v) is 6.45. The maximum absolute atomic E-state index is 9.19. The lowest BCUT2D eigenvalue weighted by atomic mass is 10.1. The lowest BCUT2D eigenvalue weighted by Gasteiger charge is -2.08. The van der Waals surface area contributed by atoms with Crippen molar-refractivity contribution in [3.05, 3.63) is 39.8 Å². The Morgan fingerprint density at radius 3 is 2.53 bits per heavy atom. The van der Waals surface area contributed by atoms with E-state index in [0.29, 0.717) is 21.1 Å². The molecule has 1 aromatic heterocycles. The Hall–Kier alpha value is -2.50. The van der Waals surface area contributed by atoms with Crippen molar-refractivity contribution < 1.29 is 0 Å². The van der Waals surface area contributed by atoms with E-state index in [4.69, 9.17) is 11.0 Å². The van der Waals surface area contributed by atoms with Crippen LogP contribution in [0.3, 0.4) is 0 Å². The Bertz CT molecular complexity index is 716. The van der Waals surface area contributed by atoms with Crippen LogP contribution in [0.25, 0.3) is 0 Å². The number of aryl methyl sites for hydroxylation is 1. The molecule has 0 saturated heterocycles. The van der Waals surface area contributed by atoms with Crippen LogP contribution in [-0.2, 0) is 0 Å². The molecular formula is C14H12N4S. The molecule has 0 spiro atoms. The number of nitriles is 2. The number of nitrogens with zero attached hydrogens (tertiary/aromatic N) is 2. The van der Waals surface area contributed by atoms with Gasteiger partial charge in [0, 0.05) is 11.4 Å². The minimum atomic E-state index is 0.526. The molecule has 19 heavy (non-hydrogen) atoms. The van der Waals surface area contributed by atoms with Crippen LogP contribution in [0.2, 0.25) is 0 Å². The molecule has 0 aliphatic heterocycles. The van der Waals surface area contributed by atoms with Gasteiger partial charge in [-0.15, -0.1) is 11.3 Å². The number of anilines is 3. The average Bonchev–Trinajstić information content (AvgIpc) is 2.68. The second-order valence-corrected chi connectivity index (χ2v) is 5.20. The Morgan fingerprint density at radius 2 is 1.95 bits per heavy atom. The number of benzene rings is 1. The van der Waals surface area contributed by atoms with Crippen LogP contribution in [0.5, 0.6) is 0 Å². The summed E-state index contributed by atoms with van der Waals surface area (Å²) >= 11 is 1.29. The van der Waals surface area contributed by atoms with E-state index >= 15 is 0 Å². The van der Waals surface area contributed by atoms with Gasteiger partial charge in [-0.1, -0.05) is 0 Å². The number of thiophene rings is 1. The van der Waals surface area contributed by atoms with Crippen molar-refractivity contribution >= 4 is 27.7 Å². The third-order valence-electron chi connectivity index (χ3n) is 2.86. The molecule has 2 rings (SSSR count). The summed E-state index contributed by atoms with van der Waals surface area (Å²) in [5.41, 5.74) is 9.54. The molecule has 0 unspecified atom stereocenters. The molecule has 0 amide bonds. The highest BCUT2D eigenvalue weighted by Crippen LogP contribution is 2.35. The summed E-state index contributed by atoms with van der Waals surface area (Å²) in [6.45, 7) is 3.73. The monoisotopic (exact) mass is 268 g/mol. The Kier molecular flexibility index (Phi) is 3.41. The first-order valence-electron chi connectivity index (χ1n) is 5.63. The van der Waals surface area contributed by atoms with Crippen molar-refractivity contribution in [1.82, 2.24) is 0 Å². The van der Waals surface area contributed by atoms with Crippen molar-refractivity contribution in [3.8, 4) is 12.1 Å². The second kappa shape index (κ2) is 5.01. The minimum Gasteiger partial charge on any atom is -0.399 e. The van der Waals surface area contributed by atoms with Gasteiger partial charge in [0.25, 0.3) is 0 Å². The number of hydrogen-bond donors (Lipinski definition) is 2. The zero-order valence-corrected chi connectivity index (χ0v) is 11.4. The third-order valence-corrected chi connectivity index (χ3v) is 3.97. The number of nitrogens with two attached hydrogens (primary N) is 1. The lowest BCUT2D eigenvalue weighted by Crippen LogP contribution is -1.94. The minimum absolute atomic E-state index is 0.526. The predicted molar refractivity (Wildman–Crippen MR) is 77.4 cm³/mol. The normalized spacial score (nSPS) is 9.68. The molecule has 0 atom stereocenters. The predicted octanol–water partition coefficient (Wildman–Crippen LogP) is 3.43. The summed E-state index contributed by atoms with van der Waals surface area (Å²) in [6, 6.07) is 9.78. The van der Waals surface area contributed by atoms with Crippen molar-refractivity contribution in [3.63, 3.8) is 0 Å². The molecule has 0 fully saturated rings. The van der Waals surface area contributed by atoms with Crippen LogP contribution in [0, 0.1) is 36.5 Å². The zero-order valence-electron chi connectivity index (χ0n) is 10.6. The fraction of sp³-hybridized carbons (Fsp3) is 0.143. The van der Waals surface area contributed by atoms with Gasteiger partial charge in [0.2, 0.25) is 0 Å². The third kappa shape index (κ3) is 2.37. The van der Waals surface area contributed by atoms with Crippen molar-refractivity contribution in [2.24, 2.45) is 0 Å². The molecule has 4 nitrogen and oxygen atoms in total. The molecule has 0 aliphatic carbocycles. The van der Waals surface area contributed by atoms with Gasteiger partial charge in [0.15, 0.2) is 0 Å². The number of hydrogen-bond acceptors (Lipinski definition) is 5. The fourth-order valence-corrected chi connectivity index (χ4v) is 2.76. The first kappa shape index (κ1) is 12.9. The number of rotatable bonds is 2. The van der Waals surface area contributed by atoms with E-state index in [1.165, 1.54) is 11.3 Å². The van der Waals surface area contributed by atoms with Gasteiger partial charge in [-0.25, -0.2) is 0 Å². The van der Waals surface area contributed by atoms with Crippen LogP contribution >= 0.6 is 11.3 Å². The van der Waals surface area contributed by atoms with E-state index in [1.807, 2.05) is 19.1 Å². The van der Waals surface area contributed by atoms with Crippen LogP contribution in [-0.4, -0.2) is 0 Å². The SMILES string of the molecule is Cc1cc(N)ccc1Nc1sc(C#N)c(C)c1C#N. The zero-order chi connectivity index (χ0) is 14.0. The molecule has 0 saturated carbocycles. The molecule has 0 radical (unpaired) electrons. The Labute approximate surface area is 115 Å². The van der Waals surface area contributed by atoms with Gasteiger partial charge in [0.05, 0.1) is 5.56 Å². The first-order chi connectivity index (χ1) is 9.06. The Balaban J connectivity index is 2.45. The fourth-order valence-electron chi connectivity index (χ4n) is 1.79. The summed E-state index contributed by atoms with van der Waals surface area (Å²) in [6.07, 6.45) is 0. The van der Waals surface area contributed by atoms with Gasteiger partial charge in [-0.2, -0.15) is 10.5 Å². The van der Waals surface area contributed by atoms with Gasteiger partial charge >= 0.3 is 0 Å². The number of nitrogen functional groups attached to an aromatic ring is 1. The highest BCUT2D eigenvalue weighted by atomic mass is 32.1. The largest absolute Gasteiger partial charge is 0.399 e. The maximum Gasteiger partial charge on any atom is 0.112 e. The highest BCUT2D eigenvalue weighted by Gasteiger charge is 2.15. The van der Waals surface area contributed by atoms with Crippen molar-refractivity contribution in [2.45, 2.75) is 13.8 Å². The van der Waals surface area contributed by atoms with E-state index in [-0.39, 0.29) is 0 Å². The Morgan fingerprint density at radius 1 is 1.21 bits per heavy atom. The maximum atomic E-state index is 9.19. The number of nitrogens with one attached hydrogen (secondary N) is 1. The molecule has 0 aliphatic rings. The van der Waals surface area contributed by atoms with Gasteiger partial charge in [-0.05, 0) is 43.2 Å². The molecule has 5 heteroatoms. The summed E-state index contributed by atoms with van der Waals surface area (Å²) in [7, 11) is 0. The highest BCUT2D eigenvalue weighted by molar-refractivity contribution is 7.17. The van der Waals surface area contributed by atoms with Gasteiger partial charge < -0.3 is 11.1 Å². The standard InChI is InChI=1S/C14H12N4S/c1-8-5-10(17)3-4-12(8)18-14-11(6-15)9(2)13(7-16)19-14/h3-5,18H,17H2,1-2H3. The quantitative estimate of drug-likeness (QED) is 0.817. The smallest absolute Gasteiger partial charge is 0.112 e. The average molecular weight is 268 g/mol. The summed E-state index contributed by atoms with van der Waals surface area (Å²) in [5, 5.41) is 22.1. The second-order valence-electron chi connectivity index (χ2n) is 4.18. The molecule has 94 valence electrons. The van der Waals surface area contributed by atoms with E-state index < -0.39 is 0 Å². The molecule has 1 aromatic carbocycles. The van der Waals surface area contributed by atoms with Crippen LogP contribution in [0.15, 0.2) is 18.2 Å². The molecule has 0 bridgehead atoms. The van der Waals surface area contributed by atoms with Crippen LogP contribution < -0.4 is 11.1 Å². The summed E-state index contributed by atoms with van der Waals surface area (Å²) in [5.74, 6) is 0. The van der Waals surface area contributed by atoms with E-state index in [1.54, 1.807) is 13.0 Å². The van der Waals surface area contributed by atoms with E-state index in [2.05, 4.69) is 17.5 Å². The van der Waals surface area contributed by atoms with Crippen molar-refractivity contribution in [2.75, 3.05) is 11.1 Å². The molecular weight excluding hydrogens is 256 g/mol. The topological polar surface area (TPSA) is 85.6 Å². The van der Waals surface area contributed by atoms with Gasteiger partial charge in [0.1, 0.15) is 22.0 Å². The van der Waals surface area contributed by atoms with Crippen LogP contribution in [0.1, 0.15) is 21.6 Å². The molecule has 2 aromatic rings. The van der Waals surface area contributed by atoms with Crippen molar-refractivity contribution in [1.29, 1.82) is 10.5 Å². The molecule has 3 N–H and O–H groups in total. The lowest BCUT2D eigenvalue weighted by molar-refractivity contribution is 1.40. The van der Waals surface area contributed by atoms with E-state index in [0.717, 1.165) is 16.8 Å². The van der Waals surface area contributed by atoms with Gasteiger partial charge in [-0.3, -0.25) is 0 Å². The summed E-state index contributed by atoms with van der Waals surface area (Å²) in [4.78, 5) is 0.562.